The summed E-state index contributed by atoms with van der Waals surface area (Å²) in [5.41, 5.74) is 3.52. The van der Waals surface area contributed by atoms with Crippen LogP contribution in [0.1, 0.15) is 198 Å². The molecule has 0 atom stereocenters. The molecule has 0 amide bonds. The highest BCUT2D eigenvalue weighted by Crippen LogP contribution is 2.46. The van der Waals surface area contributed by atoms with E-state index >= 15 is 0 Å². The molecule has 240 valence electrons. The lowest BCUT2D eigenvalue weighted by atomic mass is 9.88. The molecule has 0 saturated carbocycles. The molecule has 0 radical (unpaired) electrons. The molecule has 2 N–H and O–H groups in total. The normalized spacial score (nSPS) is 11.4. The van der Waals surface area contributed by atoms with Gasteiger partial charge in [0.2, 0.25) is 5.75 Å². The second-order valence-electron chi connectivity index (χ2n) is 12.6. The van der Waals surface area contributed by atoms with Gasteiger partial charge in [-0.25, -0.2) is 0 Å². The van der Waals surface area contributed by atoms with Gasteiger partial charge < -0.3 is 14.9 Å². The van der Waals surface area contributed by atoms with Gasteiger partial charge in [-0.05, 0) is 50.5 Å². The molecule has 0 aromatic heterocycles. The van der Waals surface area contributed by atoms with Crippen LogP contribution in [0, 0.1) is 0 Å². The number of rotatable bonds is 29. The predicted molar refractivity (Wildman–Crippen MR) is 180 cm³/mol. The van der Waals surface area contributed by atoms with Crippen molar-refractivity contribution in [2.24, 2.45) is 0 Å². The smallest absolute Gasteiger partial charge is 0.201 e. The van der Waals surface area contributed by atoms with Gasteiger partial charge in [-0.15, -0.1) is 0 Å². The lowest BCUT2D eigenvalue weighted by molar-refractivity contribution is 0.278. The number of unbranched alkanes of at least 4 members (excludes halogenated alkanes) is 20. The Bertz CT molecular complexity index is 742. The molecule has 41 heavy (non-hydrogen) atoms. The average Bonchev–Trinajstić information content (AvgIpc) is 2.98. The molecule has 0 aliphatic rings. The molecule has 0 heterocycles. The number of ether oxygens (including phenoxy) is 1. The third-order valence-electron chi connectivity index (χ3n) is 8.81. The molecule has 0 aliphatic heterocycles. The topological polar surface area (TPSA) is 49.7 Å². The molecule has 3 nitrogen and oxygen atoms in total. The first kappa shape index (κ1) is 37.6. The molecule has 0 aliphatic carbocycles. The minimum Gasteiger partial charge on any atom is -0.504 e. The van der Waals surface area contributed by atoms with E-state index in [2.05, 4.69) is 27.7 Å². The zero-order valence-corrected chi connectivity index (χ0v) is 28.1. The van der Waals surface area contributed by atoms with E-state index in [4.69, 9.17) is 4.74 Å². The van der Waals surface area contributed by atoms with Crippen molar-refractivity contribution < 1.29 is 14.9 Å². The zero-order chi connectivity index (χ0) is 30.0. The van der Waals surface area contributed by atoms with E-state index in [1.54, 1.807) is 0 Å². The van der Waals surface area contributed by atoms with Crippen LogP contribution >= 0.6 is 0 Å². The molecule has 0 saturated heterocycles. The summed E-state index contributed by atoms with van der Waals surface area (Å²) >= 11 is 0. The Labute approximate surface area is 256 Å². The van der Waals surface area contributed by atoms with Crippen LogP contribution in [0.3, 0.4) is 0 Å². The lowest BCUT2D eigenvalue weighted by Crippen LogP contribution is -2.08. The minimum absolute atomic E-state index is 0.00430. The predicted octanol–water partition coefficient (Wildman–Crippen LogP) is 12.5. The van der Waals surface area contributed by atoms with Crippen LogP contribution in [0.4, 0.5) is 0 Å². The number of phenols is 2. The van der Waals surface area contributed by atoms with Gasteiger partial charge in [-0.1, -0.05) is 156 Å². The Hall–Kier alpha value is -1.38. The average molecular weight is 575 g/mol. The summed E-state index contributed by atoms with van der Waals surface area (Å²) in [6.45, 7) is 9.68. The third kappa shape index (κ3) is 16.7. The number of hydrogen-bond donors (Lipinski definition) is 2. The van der Waals surface area contributed by atoms with Gasteiger partial charge in [0.15, 0.2) is 11.5 Å². The van der Waals surface area contributed by atoms with Crippen molar-refractivity contribution in [2.45, 2.75) is 201 Å². The van der Waals surface area contributed by atoms with Crippen LogP contribution in [0.2, 0.25) is 0 Å². The fourth-order valence-electron chi connectivity index (χ4n) is 6.15. The van der Waals surface area contributed by atoms with Crippen molar-refractivity contribution in [3.05, 3.63) is 16.7 Å². The lowest BCUT2D eigenvalue weighted by Gasteiger charge is -2.23. The molecule has 0 spiro atoms. The van der Waals surface area contributed by atoms with Crippen molar-refractivity contribution >= 4 is 0 Å². The van der Waals surface area contributed by atoms with E-state index in [9.17, 15) is 10.2 Å². The Morgan fingerprint density at radius 2 is 0.707 bits per heavy atom. The van der Waals surface area contributed by atoms with Crippen LogP contribution in [0.15, 0.2) is 0 Å². The fourth-order valence-corrected chi connectivity index (χ4v) is 6.15. The summed E-state index contributed by atoms with van der Waals surface area (Å²) in [5.74, 6) is 0.700. The summed E-state index contributed by atoms with van der Waals surface area (Å²) in [5, 5.41) is 22.6. The number of hydrogen-bond acceptors (Lipinski definition) is 3. The SMILES string of the molecule is CCCCCCCCOc1c(O)c(O)c(CCCCCCCC)c(CCCCCCCC)c1CCCCCCCC. The van der Waals surface area contributed by atoms with Crippen LogP contribution in [-0.4, -0.2) is 16.8 Å². The van der Waals surface area contributed by atoms with Crippen LogP contribution < -0.4 is 4.74 Å². The van der Waals surface area contributed by atoms with Gasteiger partial charge >= 0.3 is 0 Å². The maximum Gasteiger partial charge on any atom is 0.201 e. The van der Waals surface area contributed by atoms with Crippen molar-refractivity contribution in [1.82, 2.24) is 0 Å². The van der Waals surface area contributed by atoms with E-state index < -0.39 is 0 Å². The van der Waals surface area contributed by atoms with E-state index in [0.29, 0.717) is 12.4 Å². The summed E-state index contributed by atoms with van der Waals surface area (Å²) in [7, 11) is 0. The van der Waals surface area contributed by atoms with Gasteiger partial charge in [0.05, 0.1) is 6.61 Å². The summed E-state index contributed by atoms with van der Waals surface area (Å²) in [6.07, 6.45) is 32.6. The number of benzene rings is 1. The highest BCUT2D eigenvalue weighted by molar-refractivity contribution is 5.62. The molecular weight excluding hydrogens is 504 g/mol. The van der Waals surface area contributed by atoms with E-state index in [1.165, 1.54) is 140 Å². The molecule has 0 fully saturated rings. The molecule has 0 bridgehead atoms. The highest BCUT2D eigenvalue weighted by atomic mass is 16.5. The molecule has 1 aromatic carbocycles. The Morgan fingerprint density at radius 1 is 0.366 bits per heavy atom. The molecule has 0 unspecified atom stereocenters. The first-order valence-corrected chi connectivity index (χ1v) is 18.3. The Balaban J connectivity index is 3.12. The van der Waals surface area contributed by atoms with Gasteiger partial charge in [-0.2, -0.15) is 0 Å². The van der Waals surface area contributed by atoms with Crippen molar-refractivity contribution in [3.8, 4) is 17.2 Å². The summed E-state index contributed by atoms with van der Waals surface area (Å²) in [6, 6.07) is 0. The second kappa shape index (κ2) is 26.3. The third-order valence-corrected chi connectivity index (χ3v) is 8.81. The quantitative estimate of drug-likeness (QED) is 0.0739. The van der Waals surface area contributed by atoms with Gasteiger partial charge in [0.25, 0.3) is 0 Å². The molecule has 1 rings (SSSR count). The minimum atomic E-state index is 0.00430. The Morgan fingerprint density at radius 3 is 1.15 bits per heavy atom. The van der Waals surface area contributed by atoms with Crippen LogP contribution in [0.25, 0.3) is 0 Å². The van der Waals surface area contributed by atoms with Gasteiger partial charge in [0.1, 0.15) is 0 Å². The van der Waals surface area contributed by atoms with E-state index in [-0.39, 0.29) is 11.5 Å². The van der Waals surface area contributed by atoms with Crippen molar-refractivity contribution in [3.63, 3.8) is 0 Å². The van der Waals surface area contributed by atoms with Crippen LogP contribution in [-0.2, 0) is 19.3 Å². The van der Waals surface area contributed by atoms with Crippen molar-refractivity contribution in [1.29, 1.82) is 0 Å². The summed E-state index contributed by atoms with van der Waals surface area (Å²) < 4.78 is 6.37. The standard InChI is InChI=1S/C38H70O3/c1-5-9-13-17-21-25-29-33-34(30-26-22-18-14-10-6-2)36(39)37(40)38(41-32-28-24-20-16-12-8-4)35(33)31-27-23-19-15-11-7-3/h39-40H,5-32H2,1-4H3. The highest BCUT2D eigenvalue weighted by Gasteiger charge is 2.24. The molecule has 1 aromatic rings. The maximum atomic E-state index is 11.3. The zero-order valence-electron chi connectivity index (χ0n) is 28.1. The maximum absolute atomic E-state index is 11.3. The number of aromatic hydroxyl groups is 2. The van der Waals surface area contributed by atoms with Crippen LogP contribution in [0.5, 0.6) is 17.2 Å². The largest absolute Gasteiger partial charge is 0.504 e. The van der Waals surface area contributed by atoms with Gasteiger partial charge in [-0.3, -0.25) is 0 Å². The first-order chi connectivity index (χ1) is 20.1. The van der Waals surface area contributed by atoms with E-state index in [0.717, 1.165) is 50.5 Å². The summed E-state index contributed by atoms with van der Waals surface area (Å²) in [4.78, 5) is 0. The molecule has 3 heteroatoms. The molecular formula is C38H70O3. The van der Waals surface area contributed by atoms with E-state index in [1.807, 2.05) is 0 Å². The Kier molecular flexibility index (Phi) is 24.1. The number of phenolic OH excluding ortho intramolecular Hbond substituents is 2. The first-order valence-electron chi connectivity index (χ1n) is 18.3. The fraction of sp³-hybridized carbons (Fsp3) is 0.842. The monoisotopic (exact) mass is 575 g/mol. The van der Waals surface area contributed by atoms with Gasteiger partial charge in [0, 0.05) is 11.1 Å². The second-order valence-corrected chi connectivity index (χ2v) is 12.6. The van der Waals surface area contributed by atoms with Crippen molar-refractivity contribution in [2.75, 3.05) is 6.61 Å².